The zero-order valence-corrected chi connectivity index (χ0v) is 14.8. The van der Waals surface area contributed by atoms with E-state index in [1.165, 1.54) is 0 Å². The maximum atomic E-state index is 12.2. The molecule has 1 unspecified atom stereocenters. The molecule has 3 aromatic carbocycles. The fourth-order valence-corrected chi connectivity index (χ4v) is 3.55. The molecule has 4 heteroatoms. The first-order chi connectivity index (χ1) is 12.7. The van der Waals surface area contributed by atoms with Crippen molar-refractivity contribution in [2.24, 2.45) is 5.10 Å². The summed E-state index contributed by atoms with van der Waals surface area (Å²) in [5, 5.41) is 8.46. The Kier molecular flexibility index (Phi) is 4.17. The molecule has 3 aromatic rings. The van der Waals surface area contributed by atoms with Crippen LogP contribution in [0.5, 0.6) is 5.75 Å². The van der Waals surface area contributed by atoms with Crippen LogP contribution in [-0.2, 0) is 4.79 Å². The quantitative estimate of drug-likeness (QED) is 0.700. The molecule has 0 N–H and O–H groups in total. The summed E-state index contributed by atoms with van der Waals surface area (Å²) in [7, 11) is 1.67. The minimum atomic E-state index is -0.0974. The summed E-state index contributed by atoms with van der Waals surface area (Å²) >= 11 is 0. The van der Waals surface area contributed by atoms with E-state index >= 15 is 0 Å². The molecule has 130 valence electrons. The van der Waals surface area contributed by atoms with Gasteiger partial charge in [0.25, 0.3) is 0 Å². The highest BCUT2D eigenvalue weighted by molar-refractivity contribution is 6.03. The third kappa shape index (κ3) is 2.84. The van der Waals surface area contributed by atoms with Crippen LogP contribution in [0.2, 0.25) is 0 Å². The van der Waals surface area contributed by atoms with Crippen molar-refractivity contribution < 1.29 is 9.53 Å². The number of amides is 1. The van der Waals surface area contributed by atoms with Crippen molar-refractivity contribution in [1.29, 1.82) is 0 Å². The Morgan fingerprint density at radius 2 is 1.88 bits per heavy atom. The lowest BCUT2D eigenvalue weighted by molar-refractivity contribution is -0.130. The standard InChI is InChI=1S/C22H20N2O2/c1-15(25)24-22(14-21(23-24)16-7-4-3-5-8-16)20-10-6-9-17-13-18(26-2)11-12-19(17)20/h3-13,22H,14H2,1-2H3. The Morgan fingerprint density at radius 1 is 1.08 bits per heavy atom. The summed E-state index contributed by atoms with van der Waals surface area (Å²) in [5.41, 5.74) is 3.11. The average Bonchev–Trinajstić information content (AvgIpc) is 3.13. The van der Waals surface area contributed by atoms with Crippen LogP contribution in [0.1, 0.15) is 30.5 Å². The van der Waals surface area contributed by atoms with Gasteiger partial charge in [-0.1, -0.05) is 54.6 Å². The first kappa shape index (κ1) is 16.3. The number of nitrogens with zero attached hydrogens (tertiary/aromatic N) is 2. The molecule has 1 amide bonds. The summed E-state index contributed by atoms with van der Waals surface area (Å²) in [4.78, 5) is 12.2. The van der Waals surface area contributed by atoms with Crippen molar-refractivity contribution >= 4 is 22.4 Å². The number of carbonyl (C=O) groups excluding carboxylic acids is 1. The molecule has 0 aromatic heterocycles. The molecule has 4 nitrogen and oxygen atoms in total. The van der Waals surface area contributed by atoms with Crippen molar-refractivity contribution in [3.05, 3.63) is 77.9 Å². The lowest BCUT2D eigenvalue weighted by Gasteiger charge is -2.22. The maximum Gasteiger partial charge on any atom is 0.240 e. The van der Waals surface area contributed by atoms with E-state index in [1.54, 1.807) is 19.0 Å². The van der Waals surface area contributed by atoms with Gasteiger partial charge in [-0.05, 0) is 34.0 Å². The molecule has 0 saturated carbocycles. The molecule has 0 spiro atoms. The van der Waals surface area contributed by atoms with Gasteiger partial charge in [0, 0.05) is 13.3 Å². The number of fused-ring (bicyclic) bond motifs is 1. The number of hydrogen-bond donors (Lipinski definition) is 0. The van der Waals surface area contributed by atoms with Crippen molar-refractivity contribution in [2.45, 2.75) is 19.4 Å². The molecule has 4 rings (SSSR count). The zero-order chi connectivity index (χ0) is 18.1. The zero-order valence-electron chi connectivity index (χ0n) is 14.8. The van der Waals surface area contributed by atoms with E-state index in [0.717, 1.165) is 33.4 Å². The minimum absolute atomic E-state index is 0.0496. The summed E-state index contributed by atoms with van der Waals surface area (Å²) < 4.78 is 5.33. The highest BCUT2D eigenvalue weighted by atomic mass is 16.5. The Hall–Kier alpha value is -3.14. The number of carbonyl (C=O) groups is 1. The lowest BCUT2D eigenvalue weighted by Crippen LogP contribution is -2.24. The molecule has 1 heterocycles. The van der Waals surface area contributed by atoms with Gasteiger partial charge in [-0.15, -0.1) is 0 Å². The number of rotatable bonds is 3. The largest absolute Gasteiger partial charge is 0.497 e. The van der Waals surface area contributed by atoms with Crippen molar-refractivity contribution in [1.82, 2.24) is 5.01 Å². The Morgan fingerprint density at radius 3 is 2.62 bits per heavy atom. The second kappa shape index (κ2) is 6.64. The highest BCUT2D eigenvalue weighted by Gasteiger charge is 2.32. The average molecular weight is 344 g/mol. The van der Waals surface area contributed by atoms with Crippen LogP contribution in [0, 0.1) is 0 Å². The lowest BCUT2D eigenvalue weighted by atomic mass is 9.94. The fourth-order valence-electron chi connectivity index (χ4n) is 3.55. The monoisotopic (exact) mass is 344 g/mol. The van der Waals surface area contributed by atoms with E-state index in [1.807, 2.05) is 48.5 Å². The summed E-state index contributed by atoms with van der Waals surface area (Å²) in [5.74, 6) is 0.775. The van der Waals surface area contributed by atoms with Gasteiger partial charge in [0.2, 0.25) is 5.91 Å². The fraction of sp³-hybridized carbons (Fsp3) is 0.182. The first-order valence-corrected chi connectivity index (χ1v) is 8.67. The third-order valence-corrected chi connectivity index (χ3v) is 4.82. The van der Waals surface area contributed by atoms with Gasteiger partial charge in [0.1, 0.15) is 5.75 Å². The van der Waals surface area contributed by atoms with Crippen LogP contribution < -0.4 is 4.74 Å². The molecule has 26 heavy (non-hydrogen) atoms. The molecule has 0 bridgehead atoms. The SMILES string of the molecule is COc1ccc2c(C3CC(c4ccccc4)=NN3C(C)=O)cccc2c1. The first-order valence-electron chi connectivity index (χ1n) is 8.67. The van der Waals surface area contributed by atoms with Gasteiger partial charge in [-0.3, -0.25) is 4.79 Å². The Bertz CT molecular complexity index is 995. The van der Waals surface area contributed by atoms with E-state index in [-0.39, 0.29) is 11.9 Å². The molecular formula is C22H20N2O2. The van der Waals surface area contributed by atoms with E-state index in [9.17, 15) is 4.79 Å². The molecular weight excluding hydrogens is 324 g/mol. The molecule has 0 aliphatic carbocycles. The molecule has 0 saturated heterocycles. The summed E-state index contributed by atoms with van der Waals surface area (Å²) in [6.45, 7) is 1.57. The van der Waals surface area contributed by atoms with Gasteiger partial charge >= 0.3 is 0 Å². The number of ether oxygens (including phenoxy) is 1. The Balaban J connectivity index is 1.78. The van der Waals surface area contributed by atoms with Crippen LogP contribution in [0.15, 0.2) is 71.8 Å². The molecule has 1 aliphatic rings. The molecule has 1 atom stereocenters. The predicted octanol–water partition coefficient (Wildman–Crippen LogP) is 4.55. The van der Waals surface area contributed by atoms with Crippen LogP contribution in [-0.4, -0.2) is 23.7 Å². The van der Waals surface area contributed by atoms with Crippen LogP contribution >= 0.6 is 0 Å². The second-order valence-electron chi connectivity index (χ2n) is 6.43. The van der Waals surface area contributed by atoms with E-state index < -0.39 is 0 Å². The summed E-state index contributed by atoms with van der Waals surface area (Å²) in [6.07, 6.45) is 0.703. The van der Waals surface area contributed by atoms with E-state index in [2.05, 4.69) is 23.3 Å². The number of benzene rings is 3. The predicted molar refractivity (Wildman–Crippen MR) is 103 cm³/mol. The Labute approximate surface area is 152 Å². The summed E-state index contributed by atoms with van der Waals surface area (Å²) in [6, 6.07) is 22.1. The van der Waals surface area contributed by atoms with Crippen LogP contribution in [0.3, 0.4) is 0 Å². The van der Waals surface area contributed by atoms with Crippen LogP contribution in [0.4, 0.5) is 0 Å². The number of hydrazone groups is 1. The normalized spacial score (nSPS) is 16.6. The van der Waals surface area contributed by atoms with E-state index in [0.29, 0.717) is 6.42 Å². The van der Waals surface area contributed by atoms with Gasteiger partial charge in [0.05, 0.1) is 18.9 Å². The number of hydrogen-bond acceptors (Lipinski definition) is 3. The molecule has 1 aliphatic heterocycles. The van der Waals surface area contributed by atoms with Crippen molar-refractivity contribution in [2.75, 3.05) is 7.11 Å². The highest BCUT2D eigenvalue weighted by Crippen LogP contribution is 2.37. The third-order valence-electron chi connectivity index (χ3n) is 4.82. The van der Waals surface area contributed by atoms with Gasteiger partial charge in [-0.25, -0.2) is 5.01 Å². The minimum Gasteiger partial charge on any atom is -0.497 e. The van der Waals surface area contributed by atoms with Crippen LogP contribution in [0.25, 0.3) is 10.8 Å². The molecule has 0 radical (unpaired) electrons. The van der Waals surface area contributed by atoms with Crippen molar-refractivity contribution in [3.63, 3.8) is 0 Å². The topological polar surface area (TPSA) is 41.9 Å². The van der Waals surface area contributed by atoms with E-state index in [4.69, 9.17) is 4.74 Å². The molecule has 0 fully saturated rings. The van der Waals surface area contributed by atoms with Gasteiger partial charge < -0.3 is 4.74 Å². The smallest absolute Gasteiger partial charge is 0.240 e. The van der Waals surface area contributed by atoms with Gasteiger partial charge in [0.15, 0.2) is 0 Å². The van der Waals surface area contributed by atoms with Gasteiger partial charge in [-0.2, -0.15) is 5.10 Å². The number of methoxy groups -OCH3 is 1. The maximum absolute atomic E-state index is 12.2. The second-order valence-corrected chi connectivity index (χ2v) is 6.43. The van der Waals surface area contributed by atoms with Crippen molar-refractivity contribution in [3.8, 4) is 5.75 Å².